The average molecular weight is 361 g/mol. The van der Waals surface area contributed by atoms with E-state index in [-0.39, 0.29) is 5.78 Å². The van der Waals surface area contributed by atoms with Crippen LogP contribution >= 0.6 is 11.6 Å². The first-order valence-corrected chi connectivity index (χ1v) is 8.59. The van der Waals surface area contributed by atoms with Gasteiger partial charge >= 0.3 is 0 Å². The summed E-state index contributed by atoms with van der Waals surface area (Å²) in [6, 6.07) is 25.6. The normalized spacial score (nSPS) is 10.8. The highest BCUT2D eigenvalue weighted by Gasteiger charge is 2.13. The van der Waals surface area contributed by atoms with Gasteiger partial charge in [-0.25, -0.2) is 0 Å². The van der Waals surface area contributed by atoms with Crippen molar-refractivity contribution in [3.63, 3.8) is 0 Å². The minimum Gasteiger partial charge on any atom is -0.489 e. The molecule has 4 heteroatoms. The molecule has 0 spiro atoms. The van der Waals surface area contributed by atoms with Crippen LogP contribution in [0, 0.1) is 6.07 Å². The van der Waals surface area contributed by atoms with Gasteiger partial charge in [0.15, 0.2) is 0 Å². The highest BCUT2D eigenvalue weighted by Crippen LogP contribution is 2.22. The molecule has 4 rings (SSSR count). The van der Waals surface area contributed by atoms with E-state index in [1.807, 2.05) is 48.5 Å². The van der Waals surface area contributed by atoms with E-state index in [0.29, 0.717) is 28.6 Å². The molecule has 1 heterocycles. The summed E-state index contributed by atoms with van der Waals surface area (Å²) >= 11 is 6.00. The molecule has 0 aliphatic heterocycles. The number of H-pyrrole nitrogens is 1. The molecular formula is C22H15ClNO2. The number of fused-ring (bicyclic) bond motifs is 1. The molecule has 3 nitrogen and oxygen atoms in total. The standard InChI is InChI=1S/C22H15ClNO2/c23-18-10-9-16-12-21(24-20(16)13-18)22(25)17-7-4-8-19(11-17)26-14-15-5-2-1-3-6-15/h1-11,13,24H,14H2. The predicted octanol–water partition coefficient (Wildman–Crippen LogP) is 5.43. The molecule has 0 aliphatic carbocycles. The molecule has 0 bridgehead atoms. The zero-order chi connectivity index (χ0) is 17.9. The molecule has 3 aromatic carbocycles. The Labute approximate surface area is 156 Å². The Balaban J connectivity index is 1.55. The summed E-state index contributed by atoms with van der Waals surface area (Å²) in [5.41, 5.74) is 2.81. The van der Waals surface area contributed by atoms with E-state index in [1.165, 1.54) is 0 Å². The first-order chi connectivity index (χ1) is 12.7. The Morgan fingerprint density at radius 2 is 1.85 bits per heavy atom. The zero-order valence-electron chi connectivity index (χ0n) is 13.8. The number of aromatic amines is 1. The van der Waals surface area contributed by atoms with Crippen molar-refractivity contribution in [1.29, 1.82) is 0 Å². The number of rotatable bonds is 5. The summed E-state index contributed by atoms with van der Waals surface area (Å²) in [4.78, 5) is 15.9. The van der Waals surface area contributed by atoms with E-state index in [2.05, 4.69) is 11.1 Å². The molecule has 26 heavy (non-hydrogen) atoms. The van der Waals surface area contributed by atoms with Crippen LogP contribution in [0.3, 0.4) is 0 Å². The number of carbonyl (C=O) groups is 1. The van der Waals surface area contributed by atoms with Crippen LogP contribution in [0.5, 0.6) is 5.75 Å². The topological polar surface area (TPSA) is 42.1 Å². The van der Waals surface area contributed by atoms with E-state index in [9.17, 15) is 4.79 Å². The van der Waals surface area contributed by atoms with Gasteiger partial charge in [0.1, 0.15) is 12.4 Å². The van der Waals surface area contributed by atoms with Crippen LogP contribution in [-0.2, 0) is 6.61 Å². The second-order valence-corrected chi connectivity index (χ2v) is 6.38. The zero-order valence-corrected chi connectivity index (χ0v) is 14.6. The van der Waals surface area contributed by atoms with E-state index >= 15 is 0 Å². The Morgan fingerprint density at radius 1 is 1.00 bits per heavy atom. The van der Waals surface area contributed by atoms with Crippen molar-refractivity contribution >= 4 is 28.3 Å². The number of benzene rings is 3. The van der Waals surface area contributed by atoms with Crippen molar-refractivity contribution < 1.29 is 9.53 Å². The number of ether oxygens (including phenoxy) is 1. The molecule has 1 N–H and O–H groups in total. The third kappa shape index (κ3) is 3.48. The van der Waals surface area contributed by atoms with Crippen molar-refractivity contribution in [3.8, 4) is 5.75 Å². The predicted molar refractivity (Wildman–Crippen MR) is 103 cm³/mol. The van der Waals surface area contributed by atoms with Crippen LogP contribution in [0.15, 0.2) is 72.8 Å². The van der Waals surface area contributed by atoms with Gasteiger partial charge in [0, 0.05) is 27.6 Å². The van der Waals surface area contributed by atoms with Gasteiger partial charge in [-0.3, -0.25) is 4.79 Å². The fourth-order valence-electron chi connectivity index (χ4n) is 2.76. The lowest BCUT2D eigenvalue weighted by atomic mass is 10.1. The number of ketones is 1. The van der Waals surface area contributed by atoms with E-state index in [4.69, 9.17) is 16.3 Å². The number of hydrogen-bond donors (Lipinski definition) is 1. The van der Waals surface area contributed by atoms with Crippen LogP contribution in [-0.4, -0.2) is 10.8 Å². The number of nitrogens with one attached hydrogen (secondary N) is 1. The van der Waals surface area contributed by atoms with Gasteiger partial charge in [0.25, 0.3) is 0 Å². The monoisotopic (exact) mass is 360 g/mol. The van der Waals surface area contributed by atoms with Crippen molar-refractivity contribution in [2.45, 2.75) is 6.61 Å². The summed E-state index contributed by atoms with van der Waals surface area (Å²) < 4.78 is 5.80. The maximum absolute atomic E-state index is 12.8. The van der Waals surface area contributed by atoms with E-state index in [0.717, 1.165) is 16.5 Å². The highest BCUT2D eigenvalue weighted by atomic mass is 35.5. The Morgan fingerprint density at radius 3 is 2.69 bits per heavy atom. The first kappa shape index (κ1) is 16.4. The van der Waals surface area contributed by atoms with E-state index in [1.54, 1.807) is 24.3 Å². The van der Waals surface area contributed by atoms with Crippen LogP contribution in [0.1, 0.15) is 21.6 Å². The maximum atomic E-state index is 12.8. The third-order valence-corrected chi connectivity index (χ3v) is 4.31. The Kier molecular flexibility index (Phi) is 4.46. The highest BCUT2D eigenvalue weighted by molar-refractivity contribution is 6.31. The largest absolute Gasteiger partial charge is 0.489 e. The lowest BCUT2D eigenvalue weighted by Crippen LogP contribution is -2.03. The molecule has 0 amide bonds. The van der Waals surface area contributed by atoms with E-state index < -0.39 is 0 Å². The second-order valence-electron chi connectivity index (χ2n) is 5.95. The molecule has 0 fully saturated rings. The van der Waals surface area contributed by atoms with Crippen molar-refractivity contribution in [3.05, 3.63) is 101 Å². The minimum absolute atomic E-state index is 0.137. The quantitative estimate of drug-likeness (QED) is 0.482. The number of carbonyl (C=O) groups excluding carboxylic acids is 1. The van der Waals surface area contributed by atoms with Gasteiger partial charge in [0.2, 0.25) is 5.78 Å². The molecular weight excluding hydrogens is 346 g/mol. The van der Waals surface area contributed by atoms with Gasteiger partial charge in [0.05, 0.1) is 5.69 Å². The fraction of sp³-hybridized carbons (Fsp3) is 0.0455. The molecule has 0 saturated carbocycles. The molecule has 1 aromatic heterocycles. The van der Waals surface area contributed by atoms with Gasteiger partial charge in [-0.15, -0.1) is 0 Å². The van der Waals surface area contributed by atoms with Crippen LogP contribution < -0.4 is 4.74 Å². The smallest absolute Gasteiger partial charge is 0.209 e. The summed E-state index contributed by atoms with van der Waals surface area (Å²) in [5, 5.41) is 1.44. The molecule has 4 aromatic rings. The molecule has 0 atom stereocenters. The lowest BCUT2D eigenvalue weighted by molar-refractivity contribution is 0.103. The average Bonchev–Trinajstić information content (AvgIpc) is 3.10. The third-order valence-electron chi connectivity index (χ3n) is 4.07. The number of hydrogen-bond acceptors (Lipinski definition) is 2. The van der Waals surface area contributed by atoms with Crippen LogP contribution in [0.25, 0.3) is 10.9 Å². The molecule has 0 saturated heterocycles. The van der Waals surface area contributed by atoms with Gasteiger partial charge in [-0.1, -0.05) is 60.1 Å². The van der Waals surface area contributed by atoms with Gasteiger partial charge in [-0.2, -0.15) is 0 Å². The molecule has 0 unspecified atom stereocenters. The minimum atomic E-state index is -0.137. The summed E-state index contributed by atoms with van der Waals surface area (Å²) in [7, 11) is 0. The first-order valence-electron chi connectivity index (χ1n) is 8.21. The van der Waals surface area contributed by atoms with Crippen LogP contribution in [0.4, 0.5) is 0 Å². The summed E-state index contributed by atoms with van der Waals surface area (Å²) in [6.45, 7) is 0.454. The molecule has 127 valence electrons. The van der Waals surface area contributed by atoms with Gasteiger partial charge < -0.3 is 9.72 Å². The maximum Gasteiger partial charge on any atom is 0.209 e. The molecule has 1 radical (unpaired) electrons. The van der Waals surface area contributed by atoms with Crippen LogP contribution in [0.2, 0.25) is 5.02 Å². The Bertz CT molecular complexity index is 1070. The van der Waals surface area contributed by atoms with Crippen molar-refractivity contribution in [2.24, 2.45) is 0 Å². The molecule has 0 aliphatic rings. The fourth-order valence-corrected chi connectivity index (χ4v) is 2.93. The second kappa shape index (κ2) is 7.06. The summed E-state index contributed by atoms with van der Waals surface area (Å²) in [5.74, 6) is 0.515. The van der Waals surface area contributed by atoms with Crippen molar-refractivity contribution in [2.75, 3.05) is 0 Å². The van der Waals surface area contributed by atoms with Gasteiger partial charge in [-0.05, 0) is 29.8 Å². The number of aromatic nitrogens is 1. The number of halogens is 1. The summed E-state index contributed by atoms with van der Waals surface area (Å²) in [6.07, 6.45) is 0. The SMILES string of the molecule is O=C(c1cccc(OCc2ccccc2)c1)c1[c]c2ccc(Cl)cc2[nH]1. The van der Waals surface area contributed by atoms with Crippen molar-refractivity contribution in [1.82, 2.24) is 4.98 Å². The Hall–Kier alpha value is -3.04. The lowest BCUT2D eigenvalue weighted by Gasteiger charge is -2.07.